The van der Waals surface area contributed by atoms with Crippen LogP contribution in [0.15, 0.2) is 54.6 Å². The lowest BCUT2D eigenvalue weighted by Gasteiger charge is -2.25. The number of hydrogen-bond acceptors (Lipinski definition) is 8. The number of nitrogens with two attached hydrogens (primary N) is 1. The fourth-order valence-corrected chi connectivity index (χ4v) is 3.43. The molecule has 200 valence electrons. The third kappa shape index (κ3) is 9.18. The van der Waals surface area contributed by atoms with E-state index in [9.17, 15) is 39.6 Å². The van der Waals surface area contributed by atoms with Gasteiger partial charge < -0.3 is 42.1 Å². The summed E-state index contributed by atoms with van der Waals surface area (Å²) < 4.78 is 0. The van der Waals surface area contributed by atoms with E-state index in [4.69, 9.17) is 5.73 Å². The maximum Gasteiger partial charge on any atom is 0.328 e. The van der Waals surface area contributed by atoms with E-state index in [2.05, 4.69) is 16.0 Å². The lowest BCUT2D eigenvalue weighted by molar-refractivity contribution is -0.145. The number of hydrogen-bond donors (Lipinski definition) is 8. The highest BCUT2D eigenvalue weighted by Gasteiger charge is 2.32. The van der Waals surface area contributed by atoms with Crippen molar-refractivity contribution < 1.29 is 39.6 Å². The predicted molar refractivity (Wildman–Crippen MR) is 132 cm³/mol. The number of carbonyl (C=O) groups excluding carboxylic acids is 3. The number of aromatic hydroxyl groups is 1. The molecule has 0 aliphatic carbocycles. The molecule has 0 aliphatic heterocycles. The van der Waals surface area contributed by atoms with Crippen LogP contribution < -0.4 is 21.7 Å². The monoisotopic (exact) mass is 516 g/mol. The van der Waals surface area contributed by atoms with Crippen LogP contribution >= 0.6 is 0 Å². The van der Waals surface area contributed by atoms with Crippen LogP contribution in [-0.4, -0.2) is 81.0 Å². The molecule has 37 heavy (non-hydrogen) atoms. The quantitative estimate of drug-likeness (QED) is 0.154. The van der Waals surface area contributed by atoms with Gasteiger partial charge in [0, 0.05) is 6.42 Å². The van der Waals surface area contributed by atoms with Crippen molar-refractivity contribution in [2.24, 2.45) is 5.73 Å². The van der Waals surface area contributed by atoms with E-state index in [1.54, 1.807) is 24.3 Å². The first-order valence-electron chi connectivity index (χ1n) is 11.5. The Morgan fingerprint density at radius 2 is 1.35 bits per heavy atom. The molecule has 9 N–H and O–H groups in total. The summed E-state index contributed by atoms with van der Waals surface area (Å²) in [6.07, 6.45) is -1.36. The van der Waals surface area contributed by atoms with E-state index in [1.165, 1.54) is 31.2 Å². The number of benzene rings is 2. The van der Waals surface area contributed by atoms with Gasteiger partial charge in [-0.3, -0.25) is 14.4 Å². The van der Waals surface area contributed by atoms with Crippen LogP contribution in [0.1, 0.15) is 18.1 Å². The molecule has 0 bridgehead atoms. The fourth-order valence-electron chi connectivity index (χ4n) is 3.43. The lowest BCUT2D eigenvalue weighted by Crippen LogP contribution is -2.59. The summed E-state index contributed by atoms with van der Waals surface area (Å²) in [4.78, 5) is 49.7. The first-order chi connectivity index (χ1) is 17.5. The number of carboxylic acids is 1. The first-order valence-corrected chi connectivity index (χ1v) is 11.5. The molecule has 0 aromatic heterocycles. The number of carbonyl (C=O) groups is 4. The lowest BCUT2D eigenvalue weighted by atomic mass is 10.0. The summed E-state index contributed by atoms with van der Waals surface area (Å²) in [5, 5.41) is 45.1. The van der Waals surface area contributed by atoms with Crippen LogP contribution in [0.2, 0.25) is 0 Å². The summed E-state index contributed by atoms with van der Waals surface area (Å²) in [5.41, 5.74) is 7.25. The third-order valence-corrected chi connectivity index (χ3v) is 5.51. The number of aliphatic hydroxyl groups is 2. The van der Waals surface area contributed by atoms with Crippen molar-refractivity contribution in [2.45, 2.75) is 50.0 Å². The Hall–Kier alpha value is -4.00. The Balaban J connectivity index is 2.14. The molecule has 2 aromatic rings. The zero-order chi connectivity index (χ0) is 27.5. The molecule has 12 nitrogen and oxygen atoms in total. The van der Waals surface area contributed by atoms with Crippen LogP contribution in [0.5, 0.6) is 5.75 Å². The van der Waals surface area contributed by atoms with Crippen LogP contribution in [-0.2, 0) is 32.0 Å². The second-order valence-corrected chi connectivity index (χ2v) is 8.54. The molecule has 0 heterocycles. The van der Waals surface area contributed by atoms with Gasteiger partial charge in [-0.05, 0) is 36.6 Å². The number of nitrogens with one attached hydrogen (secondary N) is 3. The molecule has 2 rings (SSSR count). The van der Waals surface area contributed by atoms with Crippen LogP contribution in [0.4, 0.5) is 0 Å². The van der Waals surface area contributed by atoms with Crippen molar-refractivity contribution in [1.29, 1.82) is 0 Å². The third-order valence-electron chi connectivity index (χ3n) is 5.51. The van der Waals surface area contributed by atoms with Gasteiger partial charge in [-0.2, -0.15) is 0 Å². The molecule has 3 amide bonds. The summed E-state index contributed by atoms with van der Waals surface area (Å²) in [7, 11) is 0. The van der Waals surface area contributed by atoms with Crippen molar-refractivity contribution in [3.63, 3.8) is 0 Å². The highest BCUT2D eigenvalue weighted by Crippen LogP contribution is 2.12. The molecule has 0 spiro atoms. The highest BCUT2D eigenvalue weighted by atomic mass is 16.4. The van der Waals surface area contributed by atoms with Crippen molar-refractivity contribution in [1.82, 2.24) is 16.0 Å². The molecular weight excluding hydrogens is 484 g/mol. The van der Waals surface area contributed by atoms with E-state index < -0.39 is 60.6 Å². The number of amides is 3. The van der Waals surface area contributed by atoms with Gasteiger partial charge in [0.1, 0.15) is 17.8 Å². The fraction of sp³-hybridized carbons (Fsp3) is 0.360. The number of aliphatic carboxylic acids is 1. The zero-order valence-corrected chi connectivity index (χ0v) is 20.2. The molecule has 0 saturated carbocycles. The van der Waals surface area contributed by atoms with Gasteiger partial charge in [-0.1, -0.05) is 42.5 Å². The Morgan fingerprint density at radius 1 is 0.811 bits per heavy atom. The van der Waals surface area contributed by atoms with E-state index in [-0.39, 0.29) is 18.6 Å². The minimum Gasteiger partial charge on any atom is -0.508 e. The van der Waals surface area contributed by atoms with E-state index in [0.29, 0.717) is 5.56 Å². The zero-order valence-electron chi connectivity index (χ0n) is 20.2. The topological polar surface area (TPSA) is 211 Å². The van der Waals surface area contributed by atoms with E-state index >= 15 is 0 Å². The largest absolute Gasteiger partial charge is 0.508 e. The van der Waals surface area contributed by atoms with E-state index in [1.807, 2.05) is 6.07 Å². The summed E-state index contributed by atoms with van der Waals surface area (Å²) in [6, 6.07) is 9.24. The molecule has 2 aromatic carbocycles. The van der Waals surface area contributed by atoms with Crippen LogP contribution in [0, 0.1) is 0 Å². The Bertz CT molecular complexity index is 1060. The van der Waals surface area contributed by atoms with Gasteiger partial charge in [-0.15, -0.1) is 0 Å². The van der Waals surface area contributed by atoms with Gasteiger partial charge in [0.05, 0.1) is 18.8 Å². The van der Waals surface area contributed by atoms with Crippen LogP contribution in [0.3, 0.4) is 0 Å². The summed E-state index contributed by atoms with van der Waals surface area (Å²) in [5.74, 6) is -4.03. The maximum absolute atomic E-state index is 12.9. The van der Waals surface area contributed by atoms with E-state index in [0.717, 1.165) is 5.56 Å². The number of aliphatic hydroxyl groups excluding tert-OH is 2. The molecule has 0 saturated heterocycles. The van der Waals surface area contributed by atoms with Gasteiger partial charge in [0.15, 0.2) is 6.04 Å². The number of carboxylic acid groups (broad SMARTS) is 1. The van der Waals surface area contributed by atoms with Gasteiger partial charge >= 0.3 is 5.97 Å². The standard InChI is InChI=1S/C25H32N4O8/c1-14(31)21(25(36)37)29-23(34)19(12-16-7-9-17(32)10-8-16)27-24(35)20(13-30)28-22(33)18(26)11-15-5-3-2-4-6-15/h2-10,14,18-21,30-32H,11-13,26H2,1H3,(H,27,35)(H,28,33)(H,29,34)(H,36,37). The summed E-state index contributed by atoms with van der Waals surface area (Å²) in [6.45, 7) is 0.386. The maximum atomic E-state index is 12.9. The second kappa shape index (κ2) is 13.9. The average molecular weight is 517 g/mol. The minimum absolute atomic E-state index is 0.0243. The highest BCUT2D eigenvalue weighted by molar-refractivity contribution is 5.94. The van der Waals surface area contributed by atoms with Crippen molar-refractivity contribution in [3.8, 4) is 5.75 Å². The Morgan fingerprint density at radius 3 is 1.89 bits per heavy atom. The number of phenolic OH excluding ortho intramolecular Hbond substituents is 1. The Labute approximate surface area is 213 Å². The number of phenols is 1. The van der Waals surface area contributed by atoms with Crippen molar-refractivity contribution in [2.75, 3.05) is 6.61 Å². The molecule has 0 radical (unpaired) electrons. The minimum atomic E-state index is -1.64. The molecule has 0 fully saturated rings. The van der Waals surface area contributed by atoms with Crippen molar-refractivity contribution >= 4 is 23.7 Å². The van der Waals surface area contributed by atoms with Gasteiger partial charge in [0.25, 0.3) is 0 Å². The molecule has 12 heteroatoms. The van der Waals surface area contributed by atoms with Gasteiger partial charge in [-0.25, -0.2) is 4.79 Å². The van der Waals surface area contributed by atoms with Crippen molar-refractivity contribution in [3.05, 3.63) is 65.7 Å². The molecular formula is C25H32N4O8. The molecule has 0 aliphatic rings. The smallest absolute Gasteiger partial charge is 0.328 e. The number of rotatable bonds is 13. The Kier molecular flexibility index (Phi) is 11.0. The first kappa shape index (κ1) is 29.2. The van der Waals surface area contributed by atoms with Crippen LogP contribution in [0.25, 0.3) is 0 Å². The molecule has 5 unspecified atom stereocenters. The van der Waals surface area contributed by atoms with Gasteiger partial charge in [0.2, 0.25) is 17.7 Å². The average Bonchev–Trinajstić information content (AvgIpc) is 2.86. The second-order valence-electron chi connectivity index (χ2n) is 8.54. The normalized spacial score (nSPS) is 14.9. The predicted octanol–water partition coefficient (Wildman–Crippen LogP) is -1.58. The summed E-state index contributed by atoms with van der Waals surface area (Å²) >= 11 is 0. The molecule has 5 atom stereocenters. The SMILES string of the molecule is CC(O)C(NC(=O)C(Cc1ccc(O)cc1)NC(=O)C(CO)NC(=O)C(N)Cc1ccccc1)C(=O)O.